The zero-order valence-electron chi connectivity index (χ0n) is 15.9. The van der Waals surface area contributed by atoms with Crippen molar-refractivity contribution in [2.75, 3.05) is 26.7 Å². The van der Waals surface area contributed by atoms with E-state index in [0.29, 0.717) is 24.5 Å². The van der Waals surface area contributed by atoms with Crippen LogP contribution in [-0.2, 0) is 22.6 Å². The zero-order valence-corrected chi connectivity index (χ0v) is 16.7. The van der Waals surface area contributed by atoms with Gasteiger partial charge >= 0.3 is 0 Å². The molecule has 0 radical (unpaired) electrons. The number of likely N-dealkylation sites (N-methyl/N-ethyl adjacent to an activating group) is 1. The lowest BCUT2D eigenvalue weighted by molar-refractivity contribution is -0.164. The highest BCUT2D eigenvalue weighted by molar-refractivity contribution is 6.30. The second kappa shape index (κ2) is 7.94. The van der Waals surface area contributed by atoms with Gasteiger partial charge in [0.05, 0.1) is 0 Å². The molecule has 28 heavy (non-hydrogen) atoms. The number of rotatable bonds is 4. The molecule has 0 aliphatic carbocycles. The van der Waals surface area contributed by atoms with Crippen LogP contribution in [0.4, 0.5) is 0 Å². The minimum Gasteiger partial charge on any atom is -0.332 e. The average molecular weight is 398 g/mol. The van der Waals surface area contributed by atoms with Crippen LogP contribution >= 0.6 is 11.6 Å². The molecule has 5 nitrogen and oxygen atoms in total. The fourth-order valence-electron chi connectivity index (χ4n) is 4.11. The third-order valence-corrected chi connectivity index (χ3v) is 5.98. The molecule has 2 aliphatic rings. The highest BCUT2D eigenvalue weighted by Gasteiger charge is 2.46. The molecule has 2 aliphatic heterocycles. The van der Waals surface area contributed by atoms with Gasteiger partial charge in [0.15, 0.2) is 0 Å². The number of hydrogen-bond donors (Lipinski definition) is 0. The van der Waals surface area contributed by atoms with Crippen molar-refractivity contribution < 1.29 is 9.59 Å². The molecular weight excluding hydrogens is 374 g/mol. The van der Waals surface area contributed by atoms with E-state index in [1.807, 2.05) is 54.6 Å². The molecule has 2 atom stereocenters. The lowest BCUT2D eigenvalue weighted by Crippen LogP contribution is -2.69. The SMILES string of the molecule is CN1C(=O)[C@H]2CN(Cc3ccc(Cl)cc3)CCN2C(=O)[C@@H]1Cc1ccccc1. The van der Waals surface area contributed by atoms with Gasteiger partial charge in [-0.2, -0.15) is 0 Å². The van der Waals surface area contributed by atoms with Crippen molar-refractivity contribution in [3.63, 3.8) is 0 Å². The monoisotopic (exact) mass is 397 g/mol. The Morgan fingerprint density at radius 1 is 0.929 bits per heavy atom. The summed E-state index contributed by atoms with van der Waals surface area (Å²) in [5, 5.41) is 0.715. The number of halogens is 1. The molecule has 4 rings (SSSR count). The molecule has 2 amide bonds. The van der Waals surface area contributed by atoms with E-state index in [2.05, 4.69) is 4.90 Å². The number of amides is 2. The molecule has 2 aromatic rings. The molecule has 2 fully saturated rings. The lowest BCUT2D eigenvalue weighted by atomic mass is 9.97. The normalized spacial score (nSPS) is 23.1. The van der Waals surface area contributed by atoms with E-state index in [0.717, 1.165) is 24.2 Å². The van der Waals surface area contributed by atoms with E-state index < -0.39 is 12.1 Å². The van der Waals surface area contributed by atoms with Crippen LogP contribution in [0.25, 0.3) is 0 Å². The number of fused-ring (bicyclic) bond motifs is 1. The third-order valence-electron chi connectivity index (χ3n) is 5.72. The molecule has 0 bridgehead atoms. The second-order valence-corrected chi connectivity index (χ2v) is 8.00. The molecule has 0 N–H and O–H groups in total. The van der Waals surface area contributed by atoms with Crippen LogP contribution in [0.1, 0.15) is 11.1 Å². The molecule has 2 heterocycles. The van der Waals surface area contributed by atoms with Gasteiger partial charge in [-0.15, -0.1) is 0 Å². The van der Waals surface area contributed by atoms with Crippen LogP contribution in [0.5, 0.6) is 0 Å². The van der Waals surface area contributed by atoms with Crippen molar-refractivity contribution >= 4 is 23.4 Å². The smallest absolute Gasteiger partial charge is 0.247 e. The van der Waals surface area contributed by atoms with Crippen LogP contribution in [0.15, 0.2) is 54.6 Å². The Kier molecular flexibility index (Phi) is 5.38. The predicted molar refractivity (Wildman–Crippen MR) is 109 cm³/mol. The molecule has 0 aromatic heterocycles. The van der Waals surface area contributed by atoms with Crippen molar-refractivity contribution in [3.8, 4) is 0 Å². The Labute approximate surface area is 170 Å². The molecule has 0 saturated carbocycles. The van der Waals surface area contributed by atoms with E-state index in [9.17, 15) is 9.59 Å². The predicted octanol–water partition coefficient (Wildman–Crippen LogP) is 2.44. The fourth-order valence-corrected chi connectivity index (χ4v) is 4.24. The Morgan fingerprint density at radius 3 is 2.36 bits per heavy atom. The molecule has 0 spiro atoms. The Bertz CT molecular complexity index is 856. The topological polar surface area (TPSA) is 43.9 Å². The first-order chi connectivity index (χ1) is 13.5. The van der Waals surface area contributed by atoms with E-state index in [-0.39, 0.29) is 11.8 Å². The Hall–Kier alpha value is -2.37. The first kappa shape index (κ1) is 19.0. The van der Waals surface area contributed by atoms with Gasteiger partial charge < -0.3 is 9.80 Å². The first-order valence-electron chi connectivity index (χ1n) is 9.61. The highest BCUT2D eigenvalue weighted by atomic mass is 35.5. The van der Waals surface area contributed by atoms with Gasteiger partial charge in [-0.05, 0) is 23.3 Å². The van der Waals surface area contributed by atoms with E-state index in [1.165, 1.54) is 0 Å². The van der Waals surface area contributed by atoms with E-state index in [1.54, 1.807) is 16.8 Å². The van der Waals surface area contributed by atoms with Crippen molar-refractivity contribution in [2.24, 2.45) is 0 Å². The largest absolute Gasteiger partial charge is 0.332 e. The van der Waals surface area contributed by atoms with Crippen LogP contribution in [0.3, 0.4) is 0 Å². The van der Waals surface area contributed by atoms with Crippen LogP contribution in [0, 0.1) is 0 Å². The standard InChI is InChI=1S/C22H24ClN3O2/c1-24-19(13-16-5-3-2-4-6-16)22(28)26-12-11-25(15-20(26)21(24)27)14-17-7-9-18(23)10-8-17/h2-10,19-20H,11-15H2,1H3/t19-,20+/m0/s1. The van der Waals surface area contributed by atoms with Crippen molar-refractivity contribution in [1.82, 2.24) is 14.7 Å². The maximum Gasteiger partial charge on any atom is 0.247 e. The van der Waals surface area contributed by atoms with Crippen LogP contribution < -0.4 is 0 Å². The maximum atomic E-state index is 13.1. The maximum absolute atomic E-state index is 13.1. The summed E-state index contributed by atoms with van der Waals surface area (Å²) in [7, 11) is 1.75. The molecule has 146 valence electrons. The molecular formula is C22H24ClN3O2. The zero-order chi connectivity index (χ0) is 19.7. The average Bonchev–Trinajstić information content (AvgIpc) is 2.72. The van der Waals surface area contributed by atoms with Crippen LogP contribution in [0.2, 0.25) is 5.02 Å². The number of nitrogens with zero attached hydrogens (tertiary/aromatic N) is 3. The van der Waals surface area contributed by atoms with Crippen molar-refractivity contribution in [3.05, 3.63) is 70.7 Å². The summed E-state index contributed by atoms with van der Waals surface area (Å²) in [5.41, 5.74) is 2.23. The van der Waals surface area contributed by atoms with Crippen molar-refractivity contribution in [1.29, 1.82) is 0 Å². The third kappa shape index (κ3) is 3.77. The van der Waals surface area contributed by atoms with Crippen molar-refractivity contribution in [2.45, 2.75) is 25.0 Å². The summed E-state index contributed by atoms with van der Waals surface area (Å²) in [6.45, 7) is 2.66. The molecule has 2 aromatic carbocycles. The molecule has 2 saturated heterocycles. The van der Waals surface area contributed by atoms with Gasteiger partial charge in [0.1, 0.15) is 12.1 Å². The summed E-state index contributed by atoms with van der Waals surface area (Å²) < 4.78 is 0. The van der Waals surface area contributed by atoms with Crippen LogP contribution in [-0.4, -0.2) is 65.3 Å². The van der Waals surface area contributed by atoms with Gasteiger partial charge in [0.25, 0.3) is 0 Å². The summed E-state index contributed by atoms with van der Waals surface area (Å²) >= 11 is 5.96. The molecule has 0 unspecified atom stereocenters. The van der Waals surface area contributed by atoms with E-state index in [4.69, 9.17) is 11.6 Å². The number of carbonyl (C=O) groups is 2. The number of piperazine rings is 2. The minimum absolute atomic E-state index is 0.0290. The lowest BCUT2D eigenvalue weighted by Gasteiger charge is -2.48. The summed E-state index contributed by atoms with van der Waals surface area (Å²) in [4.78, 5) is 31.8. The summed E-state index contributed by atoms with van der Waals surface area (Å²) in [5.74, 6) is 0.0865. The summed E-state index contributed by atoms with van der Waals surface area (Å²) in [6, 6.07) is 16.8. The van der Waals surface area contributed by atoms with E-state index >= 15 is 0 Å². The Morgan fingerprint density at radius 2 is 1.64 bits per heavy atom. The van der Waals surface area contributed by atoms with Gasteiger partial charge in [-0.1, -0.05) is 54.1 Å². The minimum atomic E-state index is -0.422. The molecule has 6 heteroatoms. The number of benzene rings is 2. The Balaban J connectivity index is 1.46. The number of hydrogen-bond acceptors (Lipinski definition) is 3. The fraction of sp³-hybridized carbons (Fsp3) is 0.364. The van der Waals surface area contributed by atoms with Gasteiger partial charge in [0.2, 0.25) is 11.8 Å². The number of carbonyl (C=O) groups excluding carboxylic acids is 2. The second-order valence-electron chi connectivity index (χ2n) is 7.56. The summed E-state index contributed by atoms with van der Waals surface area (Å²) in [6.07, 6.45) is 0.555. The van der Waals surface area contributed by atoms with Gasteiger partial charge in [0, 0.05) is 44.7 Å². The van der Waals surface area contributed by atoms with Gasteiger partial charge in [-0.25, -0.2) is 0 Å². The first-order valence-corrected chi connectivity index (χ1v) is 9.98. The quantitative estimate of drug-likeness (QED) is 0.796. The van der Waals surface area contributed by atoms with Gasteiger partial charge in [-0.3, -0.25) is 14.5 Å². The highest BCUT2D eigenvalue weighted by Crippen LogP contribution is 2.24.